The minimum atomic E-state index is -0.126. The molecule has 4 aliphatic rings. The maximum Gasteiger partial charge on any atom is 0.302 e. The molecule has 8 atom stereocenters. The van der Waals surface area contributed by atoms with Gasteiger partial charge in [0, 0.05) is 12.3 Å². The quantitative estimate of drug-likeness (QED) is 0.295. The highest BCUT2D eigenvalue weighted by Crippen LogP contribution is 2.69. The van der Waals surface area contributed by atoms with Crippen molar-refractivity contribution in [3.63, 3.8) is 0 Å². The Morgan fingerprint density at radius 2 is 1.73 bits per heavy atom. The number of hydrogen-bond acceptors (Lipinski definition) is 2. The normalized spacial score (nSPS) is 42.7. The molecular formula is C31H52O2. The molecular weight excluding hydrogens is 404 g/mol. The van der Waals surface area contributed by atoms with Gasteiger partial charge in [-0.3, -0.25) is 4.79 Å². The molecule has 0 aromatic heterocycles. The molecule has 0 radical (unpaired) electrons. The van der Waals surface area contributed by atoms with Crippen LogP contribution in [0.5, 0.6) is 0 Å². The Morgan fingerprint density at radius 3 is 2.39 bits per heavy atom. The third-order valence-electron chi connectivity index (χ3n) is 11.4. The Bertz CT molecular complexity index is 763. The molecule has 0 aliphatic heterocycles. The summed E-state index contributed by atoms with van der Waals surface area (Å²) in [5.41, 5.74) is 2.39. The van der Waals surface area contributed by atoms with Gasteiger partial charge < -0.3 is 4.74 Å². The number of allylic oxidation sites excluding steroid dienone is 1. The van der Waals surface area contributed by atoms with Crippen molar-refractivity contribution in [2.45, 2.75) is 126 Å². The fraction of sp³-hybridized carbons (Fsp3) is 0.903. The zero-order valence-electron chi connectivity index (χ0n) is 23.0. The monoisotopic (exact) mass is 456 g/mol. The zero-order chi connectivity index (χ0) is 24.2. The molecule has 188 valence electrons. The number of rotatable bonds is 6. The molecule has 2 heteroatoms. The lowest BCUT2D eigenvalue weighted by atomic mass is 9.44. The summed E-state index contributed by atoms with van der Waals surface area (Å²) in [5, 5.41) is 0. The Labute approximate surface area is 204 Å². The molecule has 3 saturated carbocycles. The van der Waals surface area contributed by atoms with Crippen molar-refractivity contribution in [2.75, 3.05) is 0 Å². The first kappa shape index (κ1) is 25.3. The lowest BCUT2D eigenvalue weighted by molar-refractivity contribution is -0.157. The molecule has 0 saturated heterocycles. The van der Waals surface area contributed by atoms with Crippen LogP contribution in [0.1, 0.15) is 120 Å². The van der Waals surface area contributed by atoms with Crippen molar-refractivity contribution in [3.8, 4) is 0 Å². The van der Waals surface area contributed by atoms with Gasteiger partial charge in [-0.05, 0) is 91.3 Å². The van der Waals surface area contributed by atoms with Crippen molar-refractivity contribution >= 4 is 5.97 Å². The van der Waals surface area contributed by atoms with Crippen LogP contribution >= 0.6 is 0 Å². The van der Waals surface area contributed by atoms with E-state index in [4.69, 9.17) is 4.74 Å². The van der Waals surface area contributed by atoms with E-state index in [9.17, 15) is 4.79 Å². The average molecular weight is 457 g/mol. The summed E-state index contributed by atoms with van der Waals surface area (Å²) in [7, 11) is 0. The van der Waals surface area contributed by atoms with E-state index in [1.54, 1.807) is 12.5 Å². The Kier molecular flexibility index (Phi) is 6.91. The number of ether oxygens (including phenoxy) is 1. The van der Waals surface area contributed by atoms with E-state index in [1.165, 1.54) is 57.8 Å². The topological polar surface area (TPSA) is 26.3 Å². The molecule has 0 spiro atoms. The molecule has 0 aromatic carbocycles. The second-order valence-electron chi connectivity index (χ2n) is 14.0. The number of esters is 1. The SMILES string of the molecule is CC(=O)O[C@H]1CC[C@@]2(C)C(=CC[C@@H]3[C@H]4CC[C@@H]([C@@H](C)CCCC(C)C)[C@]4(C)CC[C@H]32)C1(C)C. The highest BCUT2D eigenvalue weighted by atomic mass is 16.5. The summed E-state index contributed by atoms with van der Waals surface area (Å²) in [6, 6.07) is 0. The fourth-order valence-corrected chi connectivity index (χ4v) is 9.81. The maximum atomic E-state index is 11.8. The summed E-state index contributed by atoms with van der Waals surface area (Å²) >= 11 is 0. The van der Waals surface area contributed by atoms with Crippen LogP contribution in [0, 0.1) is 51.8 Å². The van der Waals surface area contributed by atoms with Gasteiger partial charge in [-0.1, -0.05) is 79.4 Å². The minimum Gasteiger partial charge on any atom is -0.462 e. The van der Waals surface area contributed by atoms with Gasteiger partial charge >= 0.3 is 5.97 Å². The Hall–Kier alpha value is -0.790. The molecule has 4 aliphatic carbocycles. The van der Waals surface area contributed by atoms with E-state index < -0.39 is 0 Å². The van der Waals surface area contributed by atoms with Crippen LogP contribution in [0.4, 0.5) is 0 Å². The summed E-state index contributed by atoms with van der Waals surface area (Å²) in [4.78, 5) is 11.8. The van der Waals surface area contributed by atoms with Crippen LogP contribution in [0.15, 0.2) is 11.6 Å². The molecule has 0 heterocycles. The predicted octanol–water partition coefficient (Wildman–Crippen LogP) is 8.60. The predicted molar refractivity (Wildman–Crippen MR) is 138 cm³/mol. The molecule has 3 fully saturated rings. The molecule has 0 unspecified atom stereocenters. The second-order valence-corrected chi connectivity index (χ2v) is 14.0. The number of carbonyl (C=O) groups is 1. The van der Waals surface area contributed by atoms with Gasteiger partial charge in [0.25, 0.3) is 0 Å². The van der Waals surface area contributed by atoms with Crippen molar-refractivity contribution in [2.24, 2.45) is 51.8 Å². The van der Waals surface area contributed by atoms with Crippen molar-refractivity contribution in [1.82, 2.24) is 0 Å². The molecule has 33 heavy (non-hydrogen) atoms. The highest BCUT2D eigenvalue weighted by Gasteiger charge is 2.61. The van der Waals surface area contributed by atoms with Gasteiger partial charge in [-0.15, -0.1) is 0 Å². The zero-order valence-corrected chi connectivity index (χ0v) is 23.0. The van der Waals surface area contributed by atoms with Gasteiger partial charge in [-0.2, -0.15) is 0 Å². The lowest BCUT2D eigenvalue weighted by Gasteiger charge is -2.61. The molecule has 0 bridgehead atoms. The maximum absolute atomic E-state index is 11.8. The van der Waals surface area contributed by atoms with Gasteiger partial charge in [-0.25, -0.2) is 0 Å². The highest BCUT2D eigenvalue weighted by molar-refractivity contribution is 5.66. The number of carbonyl (C=O) groups excluding carboxylic acids is 1. The van der Waals surface area contributed by atoms with E-state index in [2.05, 4.69) is 54.5 Å². The summed E-state index contributed by atoms with van der Waals surface area (Å²) in [5.74, 6) is 5.07. The lowest BCUT2D eigenvalue weighted by Crippen LogP contribution is -2.55. The second kappa shape index (κ2) is 9.02. The van der Waals surface area contributed by atoms with Gasteiger partial charge in [0.2, 0.25) is 0 Å². The molecule has 2 nitrogen and oxygen atoms in total. The third kappa shape index (κ3) is 4.24. The Balaban J connectivity index is 1.53. The molecule has 0 aromatic rings. The third-order valence-corrected chi connectivity index (χ3v) is 11.4. The van der Waals surface area contributed by atoms with Crippen LogP contribution in [-0.4, -0.2) is 12.1 Å². The van der Waals surface area contributed by atoms with Crippen LogP contribution in [0.25, 0.3) is 0 Å². The van der Waals surface area contributed by atoms with Gasteiger partial charge in [0.05, 0.1) is 0 Å². The fourth-order valence-electron chi connectivity index (χ4n) is 9.81. The first-order chi connectivity index (χ1) is 15.4. The molecule has 0 amide bonds. The van der Waals surface area contributed by atoms with Crippen LogP contribution in [0.2, 0.25) is 0 Å². The van der Waals surface area contributed by atoms with E-state index in [1.807, 2.05) is 0 Å². The van der Waals surface area contributed by atoms with E-state index in [0.29, 0.717) is 5.41 Å². The summed E-state index contributed by atoms with van der Waals surface area (Å²) in [6.07, 6.45) is 16.1. The summed E-state index contributed by atoms with van der Waals surface area (Å²) < 4.78 is 5.83. The van der Waals surface area contributed by atoms with Crippen LogP contribution < -0.4 is 0 Å². The number of hydrogen-bond donors (Lipinski definition) is 0. The standard InChI is InChI=1S/C31H52O2/c1-20(2)10-9-11-21(3)24-13-14-25-23-12-15-27-29(5,6)28(33-22(4)32)17-19-31(27,8)26(23)16-18-30(24,25)7/h15,20-21,23-26,28H,9-14,16-19H2,1-8H3/t21-,23+,24-,25+,26+,28-,30-,31+/m0/s1. The smallest absolute Gasteiger partial charge is 0.302 e. The van der Waals surface area contributed by atoms with Crippen LogP contribution in [-0.2, 0) is 9.53 Å². The minimum absolute atomic E-state index is 0.0299. The van der Waals surface area contributed by atoms with Gasteiger partial charge in [0.1, 0.15) is 6.10 Å². The molecule has 0 N–H and O–H groups in total. The van der Waals surface area contributed by atoms with Gasteiger partial charge in [0.15, 0.2) is 0 Å². The first-order valence-corrected chi connectivity index (χ1v) is 14.3. The summed E-state index contributed by atoms with van der Waals surface area (Å²) in [6.45, 7) is 18.8. The van der Waals surface area contributed by atoms with E-state index in [-0.39, 0.29) is 22.9 Å². The van der Waals surface area contributed by atoms with E-state index in [0.717, 1.165) is 41.9 Å². The number of fused-ring (bicyclic) bond motifs is 5. The molecule has 4 rings (SSSR count). The average Bonchev–Trinajstić information content (AvgIpc) is 3.07. The van der Waals surface area contributed by atoms with Crippen molar-refractivity contribution in [1.29, 1.82) is 0 Å². The Morgan fingerprint density at radius 1 is 1.00 bits per heavy atom. The van der Waals surface area contributed by atoms with Crippen molar-refractivity contribution in [3.05, 3.63) is 11.6 Å². The van der Waals surface area contributed by atoms with Crippen LogP contribution in [0.3, 0.4) is 0 Å². The van der Waals surface area contributed by atoms with Crippen molar-refractivity contribution < 1.29 is 9.53 Å². The van der Waals surface area contributed by atoms with E-state index >= 15 is 0 Å². The first-order valence-electron chi connectivity index (χ1n) is 14.3. The largest absolute Gasteiger partial charge is 0.462 e.